The maximum Gasteiger partial charge on any atom is 0.250 e. The molecule has 0 saturated carbocycles. The predicted molar refractivity (Wildman–Crippen MR) is 73.6 cm³/mol. The van der Waals surface area contributed by atoms with E-state index in [4.69, 9.17) is 0 Å². The van der Waals surface area contributed by atoms with Crippen molar-refractivity contribution in [2.75, 3.05) is 5.32 Å². The molecular formula is C14H18N2O2. The summed E-state index contributed by atoms with van der Waals surface area (Å²) in [5, 5.41) is 2.71. The number of allylic oxidation sites excluding steroid dienone is 3. The monoisotopic (exact) mass is 246 g/mol. The molecule has 4 nitrogen and oxygen atoms in total. The smallest absolute Gasteiger partial charge is 0.250 e. The third-order valence-electron chi connectivity index (χ3n) is 2.27. The summed E-state index contributed by atoms with van der Waals surface area (Å²) in [5.74, 6) is -0.213. The Morgan fingerprint density at radius 2 is 2.17 bits per heavy atom. The van der Waals surface area contributed by atoms with E-state index >= 15 is 0 Å². The molecule has 0 unspecified atom stereocenters. The Balaban J connectivity index is 2.76. The Labute approximate surface area is 107 Å². The number of carbonyl (C=O) groups is 1. The van der Waals surface area contributed by atoms with Crippen molar-refractivity contribution in [2.45, 2.75) is 26.8 Å². The Hall–Kier alpha value is -2.10. The minimum Gasteiger partial charge on any atom is -0.321 e. The SMILES string of the molecule is C/C=C/C=C/C(=O)Nc1ccc(=O)n(CCC)c1. The van der Waals surface area contributed by atoms with Gasteiger partial charge in [0.05, 0.1) is 5.69 Å². The second-order valence-corrected chi connectivity index (χ2v) is 3.82. The number of nitrogens with zero attached hydrogens (tertiary/aromatic N) is 1. The molecule has 0 spiro atoms. The van der Waals surface area contributed by atoms with Crippen molar-refractivity contribution in [3.05, 3.63) is 53.0 Å². The topological polar surface area (TPSA) is 51.1 Å². The van der Waals surface area contributed by atoms with Crippen LogP contribution in [0.4, 0.5) is 5.69 Å². The van der Waals surface area contributed by atoms with Crippen molar-refractivity contribution in [1.82, 2.24) is 4.57 Å². The van der Waals surface area contributed by atoms with Crippen LogP contribution in [0.1, 0.15) is 20.3 Å². The number of nitrogens with one attached hydrogen (secondary N) is 1. The molecule has 1 heterocycles. The minimum absolute atomic E-state index is 0.0562. The summed E-state index contributed by atoms with van der Waals surface area (Å²) in [5.41, 5.74) is 0.567. The van der Waals surface area contributed by atoms with E-state index in [1.54, 1.807) is 29.0 Å². The van der Waals surface area contributed by atoms with Crippen LogP contribution in [0.25, 0.3) is 0 Å². The lowest BCUT2D eigenvalue weighted by Gasteiger charge is -2.07. The quantitative estimate of drug-likeness (QED) is 0.640. The van der Waals surface area contributed by atoms with Gasteiger partial charge >= 0.3 is 0 Å². The molecule has 18 heavy (non-hydrogen) atoms. The number of rotatable bonds is 5. The molecule has 1 aromatic heterocycles. The molecule has 1 amide bonds. The summed E-state index contributed by atoms with van der Waals surface area (Å²) in [7, 11) is 0. The molecule has 0 bridgehead atoms. The Bertz CT molecular complexity index is 513. The molecule has 0 aliphatic carbocycles. The zero-order valence-electron chi connectivity index (χ0n) is 10.7. The number of aryl methyl sites for hydroxylation is 1. The first-order chi connectivity index (χ1) is 8.67. The van der Waals surface area contributed by atoms with E-state index < -0.39 is 0 Å². The number of hydrogen-bond acceptors (Lipinski definition) is 2. The summed E-state index contributed by atoms with van der Waals surface area (Å²) >= 11 is 0. The third-order valence-corrected chi connectivity index (χ3v) is 2.27. The molecule has 4 heteroatoms. The van der Waals surface area contributed by atoms with Crippen LogP contribution in [0.5, 0.6) is 0 Å². The lowest BCUT2D eigenvalue weighted by molar-refractivity contribution is -0.111. The van der Waals surface area contributed by atoms with Crippen LogP contribution in [-0.4, -0.2) is 10.5 Å². The van der Waals surface area contributed by atoms with Crippen LogP contribution in [0.3, 0.4) is 0 Å². The number of pyridine rings is 1. The molecule has 0 aromatic carbocycles. The lowest BCUT2D eigenvalue weighted by atomic mass is 10.3. The fraction of sp³-hybridized carbons (Fsp3) is 0.286. The Morgan fingerprint density at radius 3 is 2.83 bits per heavy atom. The fourth-order valence-electron chi connectivity index (χ4n) is 1.46. The number of amides is 1. The van der Waals surface area contributed by atoms with Gasteiger partial charge in [-0.3, -0.25) is 9.59 Å². The van der Waals surface area contributed by atoms with Gasteiger partial charge in [0.25, 0.3) is 5.56 Å². The predicted octanol–water partition coefficient (Wildman–Crippen LogP) is 2.33. The molecule has 0 saturated heterocycles. The van der Waals surface area contributed by atoms with Crippen molar-refractivity contribution in [1.29, 1.82) is 0 Å². The third kappa shape index (κ3) is 4.41. The van der Waals surface area contributed by atoms with Crippen LogP contribution in [0, 0.1) is 0 Å². The van der Waals surface area contributed by atoms with Crippen LogP contribution >= 0.6 is 0 Å². The zero-order chi connectivity index (χ0) is 13.4. The first kappa shape index (κ1) is 14.0. The van der Waals surface area contributed by atoms with E-state index in [1.807, 2.05) is 19.9 Å². The Morgan fingerprint density at radius 1 is 1.39 bits per heavy atom. The number of aromatic nitrogens is 1. The minimum atomic E-state index is -0.213. The van der Waals surface area contributed by atoms with Crippen molar-refractivity contribution < 1.29 is 4.79 Å². The van der Waals surface area contributed by atoms with E-state index in [1.165, 1.54) is 12.1 Å². The number of anilines is 1. The molecule has 0 aliphatic heterocycles. The zero-order valence-corrected chi connectivity index (χ0v) is 10.7. The summed E-state index contributed by atoms with van der Waals surface area (Å²) in [6.45, 7) is 4.53. The normalized spacial score (nSPS) is 11.2. The molecule has 1 aromatic rings. The number of hydrogen-bond donors (Lipinski definition) is 1. The van der Waals surface area contributed by atoms with Crippen LogP contribution in [0.15, 0.2) is 47.4 Å². The van der Waals surface area contributed by atoms with Crippen molar-refractivity contribution >= 4 is 11.6 Å². The van der Waals surface area contributed by atoms with Gasteiger partial charge in [-0.15, -0.1) is 0 Å². The highest BCUT2D eigenvalue weighted by atomic mass is 16.1. The van der Waals surface area contributed by atoms with Crippen LogP contribution in [0.2, 0.25) is 0 Å². The van der Waals surface area contributed by atoms with Gasteiger partial charge in [0.15, 0.2) is 0 Å². The van der Waals surface area contributed by atoms with Crippen molar-refractivity contribution in [3.63, 3.8) is 0 Å². The van der Waals surface area contributed by atoms with Gasteiger partial charge in [-0.05, 0) is 19.4 Å². The molecule has 1 rings (SSSR count). The molecule has 96 valence electrons. The average molecular weight is 246 g/mol. The van der Waals surface area contributed by atoms with Gasteiger partial charge in [-0.2, -0.15) is 0 Å². The second-order valence-electron chi connectivity index (χ2n) is 3.82. The summed E-state index contributed by atoms with van der Waals surface area (Å²) in [6.07, 6.45) is 9.25. The van der Waals surface area contributed by atoms with Gasteiger partial charge in [0.2, 0.25) is 5.91 Å². The highest BCUT2D eigenvalue weighted by molar-refractivity contribution is 5.99. The maximum absolute atomic E-state index is 11.5. The summed E-state index contributed by atoms with van der Waals surface area (Å²) in [6, 6.07) is 3.07. The van der Waals surface area contributed by atoms with E-state index in [0.29, 0.717) is 12.2 Å². The summed E-state index contributed by atoms with van der Waals surface area (Å²) < 4.78 is 1.59. The van der Waals surface area contributed by atoms with E-state index in [0.717, 1.165) is 6.42 Å². The van der Waals surface area contributed by atoms with Gasteiger partial charge in [-0.25, -0.2) is 0 Å². The number of carbonyl (C=O) groups excluding carboxylic acids is 1. The van der Waals surface area contributed by atoms with Crippen LogP contribution < -0.4 is 10.9 Å². The molecule has 0 atom stereocenters. The van der Waals surface area contributed by atoms with Crippen molar-refractivity contribution in [3.8, 4) is 0 Å². The largest absolute Gasteiger partial charge is 0.321 e. The van der Waals surface area contributed by atoms with Gasteiger partial charge in [0.1, 0.15) is 0 Å². The first-order valence-electron chi connectivity index (χ1n) is 5.98. The fourth-order valence-corrected chi connectivity index (χ4v) is 1.46. The molecular weight excluding hydrogens is 228 g/mol. The first-order valence-corrected chi connectivity index (χ1v) is 5.98. The molecule has 0 fully saturated rings. The highest BCUT2D eigenvalue weighted by Crippen LogP contribution is 2.03. The highest BCUT2D eigenvalue weighted by Gasteiger charge is 2.00. The Kier molecular flexibility index (Phi) is 5.64. The van der Waals surface area contributed by atoms with Gasteiger partial charge in [0, 0.05) is 24.9 Å². The standard InChI is InChI=1S/C14H18N2O2/c1-3-5-6-7-13(17)15-12-8-9-14(18)16(11-12)10-4-2/h3,5-9,11H,4,10H2,1-2H3,(H,15,17)/b5-3+,7-6+. The molecule has 1 N–H and O–H groups in total. The van der Waals surface area contributed by atoms with Gasteiger partial charge < -0.3 is 9.88 Å². The van der Waals surface area contributed by atoms with Crippen LogP contribution in [-0.2, 0) is 11.3 Å². The van der Waals surface area contributed by atoms with E-state index in [9.17, 15) is 9.59 Å². The summed E-state index contributed by atoms with van der Waals surface area (Å²) in [4.78, 5) is 23.0. The molecule has 0 aliphatic rings. The average Bonchev–Trinajstić information content (AvgIpc) is 2.34. The lowest BCUT2D eigenvalue weighted by Crippen LogP contribution is -2.19. The van der Waals surface area contributed by atoms with E-state index in [2.05, 4.69) is 5.32 Å². The van der Waals surface area contributed by atoms with Crippen molar-refractivity contribution in [2.24, 2.45) is 0 Å². The second kappa shape index (κ2) is 7.27. The van der Waals surface area contributed by atoms with Gasteiger partial charge in [-0.1, -0.05) is 25.2 Å². The molecule has 0 radical (unpaired) electrons. The van der Waals surface area contributed by atoms with E-state index in [-0.39, 0.29) is 11.5 Å². The maximum atomic E-state index is 11.5.